The van der Waals surface area contributed by atoms with E-state index in [-0.39, 0.29) is 12.5 Å². The number of hydrogen-bond donors (Lipinski definition) is 2. The van der Waals surface area contributed by atoms with Gasteiger partial charge in [-0.05, 0) is 31.2 Å². The number of nitrogens with one attached hydrogen (secondary N) is 2. The second-order valence-electron chi connectivity index (χ2n) is 6.11. The topological polar surface area (TPSA) is 88.4 Å². The van der Waals surface area contributed by atoms with Crippen LogP contribution in [0, 0.1) is 6.92 Å². The van der Waals surface area contributed by atoms with Gasteiger partial charge in [0, 0.05) is 11.6 Å². The highest BCUT2D eigenvalue weighted by molar-refractivity contribution is 6.02. The third-order valence-corrected chi connectivity index (χ3v) is 4.22. The van der Waals surface area contributed by atoms with E-state index in [1.165, 1.54) is 0 Å². The van der Waals surface area contributed by atoms with Gasteiger partial charge < -0.3 is 15.0 Å². The normalized spacial score (nSPS) is 10.9. The molecular weight excluding hydrogens is 342 g/mol. The Morgan fingerprint density at radius 3 is 2.81 bits per heavy atom. The third kappa shape index (κ3) is 3.35. The maximum absolute atomic E-state index is 12.4. The van der Waals surface area contributed by atoms with Gasteiger partial charge in [0.1, 0.15) is 5.82 Å². The predicted molar refractivity (Wildman–Crippen MR) is 103 cm³/mol. The molecule has 2 amide bonds. The number of benzene rings is 1. The maximum Gasteiger partial charge on any atom is 0.272 e. The molecule has 0 radical (unpaired) electrons. The second-order valence-corrected chi connectivity index (χ2v) is 6.11. The van der Waals surface area contributed by atoms with Gasteiger partial charge in [-0.1, -0.05) is 24.3 Å². The molecular formula is C20H17N5O2. The van der Waals surface area contributed by atoms with Crippen molar-refractivity contribution in [1.29, 1.82) is 0 Å². The number of hydrogen-bond acceptors (Lipinski definition) is 4. The first-order chi connectivity index (χ1) is 13.1. The zero-order chi connectivity index (χ0) is 18.8. The van der Waals surface area contributed by atoms with Crippen LogP contribution in [-0.4, -0.2) is 32.7 Å². The molecule has 3 aromatic heterocycles. The molecule has 0 saturated heterocycles. The Balaban J connectivity index is 1.43. The van der Waals surface area contributed by atoms with E-state index < -0.39 is 5.91 Å². The molecule has 0 aliphatic carbocycles. The molecule has 0 unspecified atom stereocenters. The molecule has 0 spiro atoms. The molecule has 0 atom stereocenters. The number of nitrogens with zero attached hydrogens (tertiary/aromatic N) is 3. The van der Waals surface area contributed by atoms with Crippen molar-refractivity contribution in [2.24, 2.45) is 0 Å². The van der Waals surface area contributed by atoms with Crippen LogP contribution < -0.4 is 10.6 Å². The lowest BCUT2D eigenvalue weighted by atomic mass is 10.2. The number of imidazole rings is 1. The molecule has 2 N–H and O–H groups in total. The molecule has 27 heavy (non-hydrogen) atoms. The highest BCUT2D eigenvalue weighted by Crippen LogP contribution is 2.16. The quantitative estimate of drug-likeness (QED) is 0.586. The largest absolute Gasteiger partial charge is 0.342 e. The highest BCUT2D eigenvalue weighted by Gasteiger charge is 2.16. The van der Waals surface area contributed by atoms with Gasteiger partial charge in [-0.25, -0.2) is 4.98 Å². The van der Waals surface area contributed by atoms with Crippen molar-refractivity contribution < 1.29 is 9.59 Å². The van der Waals surface area contributed by atoms with E-state index in [0.29, 0.717) is 22.7 Å². The first-order valence-corrected chi connectivity index (χ1v) is 8.48. The van der Waals surface area contributed by atoms with Gasteiger partial charge >= 0.3 is 0 Å². The summed E-state index contributed by atoms with van der Waals surface area (Å²) in [6.45, 7) is 1.67. The van der Waals surface area contributed by atoms with E-state index in [9.17, 15) is 9.59 Å². The van der Waals surface area contributed by atoms with Crippen LogP contribution >= 0.6 is 0 Å². The van der Waals surface area contributed by atoms with Gasteiger partial charge in [-0.15, -0.1) is 0 Å². The Hall–Kier alpha value is -3.74. The fraction of sp³-hybridized carbons (Fsp3) is 0.100. The molecule has 4 rings (SSSR count). The molecule has 7 nitrogen and oxygen atoms in total. The van der Waals surface area contributed by atoms with Gasteiger partial charge in [0.25, 0.3) is 5.91 Å². The second kappa shape index (κ2) is 6.87. The molecule has 1 aromatic carbocycles. The summed E-state index contributed by atoms with van der Waals surface area (Å²) >= 11 is 0. The van der Waals surface area contributed by atoms with Crippen LogP contribution in [-0.2, 0) is 4.79 Å². The first kappa shape index (κ1) is 16.7. The van der Waals surface area contributed by atoms with Crippen LogP contribution in [0.15, 0.2) is 60.9 Å². The Morgan fingerprint density at radius 1 is 1.11 bits per heavy atom. The molecule has 0 saturated carbocycles. The SMILES string of the molecule is Cc1nc(C(=O)NCC(=O)Nc2cnc3ccccc3c2)c2ccccn12. The fourth-order valence-electron chi connectivity index (χ4n) is 2.95. The first-order valence-electron chi connectivity index (χ1n) is 8.48. The van der Waals surface area contributed by atoms with Crippen molar-refractivity contribution in [2.75, 3.05) is 11.9 Å². The summed E-state index contributed by atoms with van der Waals surface area (Å²) in [4.78, 5) is 33.2. The standard InChI is InChI=1S/C20H17N5O2/c1-13-23-19(17-8-4-5-9-25(13)17)20(27)22-12-18(26)24-15-10-14-6-2-3-7-16(14)21-11-15/h2-11H,12H2,1H3,(H,22,27)(H,24,26). The average Bonchev–Trinajstić information content (AvgIpc) is 3.03. The molecule has 0 bridgehead atoms. The van der Waals surface area contributed by atoms with Crippen LogP contribution in [0.3, 0.4) is 0 Å². The van der Waals surface area contributed by atoms with Crippen LogP contribution in [0.1, 0.15) is 16.3 Å². The van der Waals surface area contributed by atoms with E-state index in [2.05, 4.69) is 20.6 Å². The lowest BCUT2D eigenvalue weighted by molar-refractivity contribution is -0.115. The van der Waals surface area contributed by atoms with E-state index in [0.717, 1.165) is 10.9 Å². The molecule has 7 heteroatoms. The zero-order valence-corrected chi connectivity index (χ0v) is 14.6. The van der Waals surface area contributed by atoms with E-state index in [1.807, 2.05) is 66.1 Å². The van der Waals surface area contributed by atoms with Crippen molar-refractivity contribution in [2.45, 2.75) is 6.92 Å². The summed E-state index contributed by atoms with van der Waals surface area (Å²) in [6, 6.07) is 15.0. The van der Waals surface area contributed by atoms with Crippen LogP contribution in [0.5, 0.6) is 0 Å². The third-order valence-electron chi connectivity index (χ3n) is 4.22. The molecule has 0 aliphatic heterocycles. The number of carbonyl (C=O) groups excluding carboxylic acids is 2. The average molecular weight is 359 g/mol. The number of para-hydroxylation sites is 1. The Morgan fingerprint density at radius 2 is 1.93 bits per heavy atom. The number of anilines is 1. The minimum absolute atomic E-state index is 0.156. The van der Waals surface area contributed by atoms with Gasteiger partial charge in [0.2, 0.25) is 5.91 Å². The number of rotatable bonds is 4. The van der Waals surface area contributed by atoms with Gasteiger partial charge in [-0.3, -0.25) is 14.6 Å². The summed E-state index contributed by atoms with van der Waals surface area (Å²) in [7, 11) is 0. The molecule has 4 aromatic rings. The maximum atomic E-state index is 12.4. The van der Waals surface area contributed by atoms with Gasteiger partial charge in [0.05, 0.1) is 29.5 Å². The van der Waals surface area contributed by atoms with Crippen LogP contribution in [0.25, 0.3) is 16.4 Å². The van der Waals surface area contributed by atoms with Gasteiger partial charge in [0.15, 0.2) is 5.69 Å². The summed E-state index contributed by atoms with van der Waals surface area (Å²) in [6.07, 6.45) is 3.43. The van der Waals surface area contributed by atoms with E-state index in [4.69, 9.17) is 0 Å². The number of aromatic nitrogens is 3. The van der Waals surface area contributed by atoms with Crippen LogP contribution in [0.4, 0.5) is 5.69 Å². The summed E-state index contributed by atoms with van der Waals surface area (Å²) in [5, 5.41) is 6.29. The molecule has 134 valence electrons. The molecule has 3 heterocycles. The van der Waals surface area contributed by atoms with E-state index in [1.54, 1.807) is 6.20 Å². The van der Waals surface area contributed by atoms with Crippen molar-refractivity contribution in [3.8, 4) is 0 Å². The highest BCUT2D eigenvalue weighted by atomic mass is 16.2. The van der Waals surface area contributed by atoms with Crippen molar-refractivity contribution in [1.82, 2.24) is 19.7 Å². The molecule has 0 fully saturated rings. The van der Waals surface area contributed by atoms with Gasteiger partial charge in [-0.2, -0.15) is 0 Å². The lowest BCUT2D eigenvalue weighted by Crippen LogP contribution is -2.33. The number of aryl methyl sites for hydroxylation is 1. The number of fused-ring (bicyclic) bond motifs is 2. The smallest absolute Gasteiger partial charge is 0.272 e. The number of amides is 2. The Kier molecular flexibility index (Phi) is 4.25. The molecule has 0 aliphatic rings. The zero-order valence-electron chi connectivity index (χ0n) is 14.6. The summed E-state index contributed by atoms with van der Waals surface area (Å²) < 4.78 is 1.83. The Bertz CT molecular complexity index is 1170. The minimum atomic E-state index is -0.390. The minimum Gasteiger partial charge on any atom is -0.342 e. The summed E-state index contributed by atoms with van der Waals surface area (Å²) in [5.74, 6) is -0.0123. The Labute approximate surface area is 155 Å². The van der Waals surface area contributed by atoms with E-state index >= 15 is 0 Å². The summed E-state index contributed by atoms with van der Waals surface area (Å²) in [5.41, 5.74) is 2.43. The predicted octanol–water partition coefficient (Wildman–Crippen LogP) is 2.56. The number of carbonyl (C=O) groups is 2. The lowest BCUT2D eigenvalue weighted by Gasteiger charge is -2.07. The van der Waals surface area contributed by atoms with Crippen molar-refractivity contribution >= 4 is 33.9 Å². The van der Waals surface area contributed by atoms with Crippen molar-refractivity contribution in [3.05, 3.63) is 72.4 Å². The fourth-order valence-corrected chi connectivity index (χ4v) is 2.95. The van der Waals surface area contributed by atoms with Crippen LogP contribution in [0.2, 0.25) is 0 Å². The monoisotopic (exact) mass is 359 g/mol. The van der Waals surface area contributed by atoms with Crippen molar-refractivity contribution in [3.63, 3.8) is 0 Å². The number of pyridine rings is 2.